The number of aliphatic hydroxyl groups excluding tert-OH is 1. The number of carbonyl (C=O) groups excluding carboxylic acids is 1. The van der Waals surface area contributed by atoms with Gasteiger partial charge in [0.25, 0.3) is 5.91 Å². The van der Waals surface area contributed by atoms with Gasteiger partial charge in [0.05, 0.1) is 12.6 Å². The van der Waals surface area contributed by atoms with Gasteiger partial charge in [0.15, 0.2) is 0 Å². The lowest BCUT2D eigenvalue weighted by Crippen LogP contribution is -2.36. The van der Waals surface area contributed by atoms with Gasteiger partial charge in [-0.2, -0.15) is 0 Å². The molecule has 82 valence electrons. The topological polar surface area (TPSA) is 49.3 Å². The number of aliphatic hydroxyl groups is 1. The molecular weight excluding hydrogens is 190 g/mol. The first-order chi connectivity index (χ1) is 7.17. The third-order valence-corrected chi connectivity index (χ3v) is 2.36. The third kappa shape index (κ3) is 3.36. The maximum atomic E-state index is 11.7. The second-order valence-electron chi connectivity index (χ2n) is 3.63. The Labute approximate surface area is 90.1 Å². The minimum Gasteiger partial charge on any atom is -0.394 e. The highest BCUT2D eigenvalue weighted by Crippen LogP contribution is 2.03. The van der Waals surface area contributed by atoms with Crippen molar-refractivity contribution in [2.45, 2.75) is 26.3 Å². The molecule has 15 heavy (non-hydrogen) atoms. The molecule has 1 atom stereocenters. The quantitative estimate of drug-likeness (QED) is 0.786. The molecule has 0 aliphatic rings. The first kappa shape index (κ1) is 11.7. The zero-order valence-corrected chi connectivity index (χ0v) is 9.16. The highest BCUT2D eigenvalue weighted by atomic mass is 16.3. The van der Waals surface area contributed by atoms with Crippen molar-refractivity contribution in [1.29, 1.82) is 0 Å². The Morgan fingerprint density at radius 1 is 1.40 bits per heavy atom. The molecule has 0 saturated heterocycles. The van der Waals surface area contributed by atoms with Gasteiger partial charge < -0.3 is 10.4 Å². The summed E-state index contributed by atoms with van der Waals surface area (Å²) in [6, 6.07) is 7.21. The van der Waals surface area contributed by atoms with Crippen LogP contribution in [-0.4, -0.2) is 23.7 Å². The minimum atomic E-state index is -0.154. The molecule has 1 aromatic rings. The van der Waals surface area contributed by atoms with Crippen molar-refractivity contribution in [2.75, 3.05) is 6.61 Å². The fourth-order valence-electron chi connectivity index (χ4n) is 1.25. The average Bonchev–Trinajstić information content (AvgIpc) is 2.26. The second-order valence-corrected chi connectivity index (χ2v) is 3.63. The monoisotopic (exact) mass is 207 g/mol. The number of aryl methyl sites for hydroxylation is 1. The first-order valence-electron chi connectivity index (χ1n) is 5.15. The lowest BCUT2D eigenvalue weighted by atomic mass is 10.1. The van der Waals surface area contributed by atoms with E-state index in [1.807, 2.05) is 26.0 Å². The van der Waals surface area contributed by atoms with E-state index in [1.54, 1.807) is 12.1 Å². The van der Waals surface area contributed by atoms with E-state index in [4.69, 9.17) is 5.11 Å². The molecule has 2 N–H and O–H groups in total. The molecular formula is C12H17NO2. The molecule has 1 amide bonds. The molecule has 3 nitrogen and oxygen atoms in total. The lowest BCUT2D eigenvalue weighted by Gasteiger charge is -2.13. The summed E-state index contributed by atoms with van der Waals surface area (Å²) in [6.45, 7) is 3.88. The maximum absolute atomic E-state index is 11.7. The summed E-state index contributed by atoms with van der Waals surface area (Å²) in [5.74, 6) is -0.129. The molecule has 1 unspecified atom stereocenters. The predicted molar refractivity (Wildman–Crippen MR) is 59.8 cm³/mol. The van der Waals surface area contributed by atoms with Crippen molar-refractivity contribution in [2.24, 2.45) is 0 Å². The fourth-order valence-corrected chi connectivity index (χ4v) is 1.25. The molecule has 0 saturated carbocycles. The Morgan fingerprint density at radius 3 is 2.47 bits per heavy atom. The molecule has 0 radical (unpaired) electrons. The van der Waals surface area contributed by atoms with Crippen LogP contribution in [0.25, 0.3) is 0 Å². The molecule has 0 aromatic heterocycles. The van der Waals surface area contributed by atoms with Crippen LogP contribution in [0.3, 0.4) is 0 Å². The van der Waals surface area contributed by atoms with Crippen LogP contribution in [0.5, 0.6) is 0 Å². The fraction of sp³-hybridized carbons (Fsp3) is 0.417. The van der Waals surface area contributed by atoms with E-state index in [0.29, 0.717) is 5.56 Å². The minimum absolute atomic E-state index is 0.0197. The largest absolute Gasteiger partial charge is 0.394 e. The normalized spacial score (nSPS) is 12.2. The Kier molecular flexibility index (Phi) is 4.31. The van der Waals surface area contributed by atoms with E-state index in [2.05, 4.69) is 5.32 Å². The predicted octanol–water partition coefficient (Wildman–Crippen LogP) is 1.50. The van der Waals surface area contributed by atoms with Gasteiger partial charge in [-0.3, -0.25) is 4.79 Å². The van der Waals surface area contributed by atoms with Gasteiger partial charge in [-0.05, 0) is 25.5 Å². The van der Waals surface area contributed by atoms with E-state index in [9.17, 15) is 4.79 Å². The second kappa shape index (κ2) is 5.51. The molecule has 0 heterocycles. The summed E-state index contributed by atoms with van der Waals surface area (Å²) in [6.07, 6.45) is 0.730. The van der Waals surface area contributed by atoms with Gasteiger partial charge in [0, 0.05) is 5.56 Å². The van der Waals surface area contributed by atoms with Crippen molar-refractivity contribution in [3.8, 4) is 0 Å². The molecule has 1 rings (SSSR count). The third-order valence-electron chi connectivity index (χ3n) is 2.36. The molecule has 3 heteroatoms. The molecule has 0 fully saturated rings. The van der Waals surface area contributed by atoms with Crippen molar-refractivity contribution < 1.29 is 9.90 Å². The summed E-state index contributed by atoms with van der Waals surface area (Å²) in [7, 11) is 0. The summed E-state index contributed by atoms with van der Waals surface area (Å²) >= 11 is 0. The first-order valence-corrected chi connectivity index (χ1v) is 5.15. The van der Waals surface area contributed by atoms with Crippen molar-refractivity contribution >= 4 is 5.91 Å². The Morgan fingerprint density at radius 2 is 2.00 bits per heavy atom. The van der Waals surface area contributed by atoms with Crippen LogP contribution in [0.1, 0.15) is 29.3 Å². The Balaban J connectivity index is 2.64. The number of rotatable bonds is 4. The van der Waals surface area contributed by atoms with Crippen LogP contribution in [0, 0.1) is 6.92 Å². The van der Waals surface area contributed by atoms with Crippen LogP contribution in [0.15, 0.2) is 24.3 Å². The zero-order valence-electron chi connectivity index (χ0n) is 9.16. The van der Waals surface area contributed by atoms with Gasteiger partial charge in [-0.15, -0.1) is 0 Å². The highest BCUT2D eigenvalue weighted by Gasteiger charge is 2.10. The number of amides is 1. The van der Waals surface area contributed by atoms with E-state index in [0.717, 1.165) is 12.0 Å². The van der Waals surface area contributed by atoms with Crippen LogP contribution in [-0.2, 0) is 0 Å². The summed E-state index contributed by atoms with van der Waals surface area (Å²) in [5.41, 5.74) is 1.76. The van der Waals surface area contributed by atoms with Crippen LogP contribution < -0.4 is 5.32 Å². The van der Waals surface area contributed by atoms with E-state index in [-0.39, 0.29) is 18.6 Å². The molecule has 0 aliphatic heterocycles. The van der Waals surface area contributed by atoms with Crippen LogP contribution in [0.2, 0.25) is 0 Å². The van der Waals surface area contributed by atoms with Gasteiger partial charge in [0.1, 0.15) is 0 Å². The summed E-state index contributed by atoms with van der Waals surface area (Å²) in [4.78, 5) is 11.7. The van der Waals surface area contributed by atoms with E-state index < -0.39 is 0 Å². The standard InChI is InChI=1S/C12H17NO2/c1-3-11(8-14)13-12(15)10-6-4-9(2)5-7-10/h4-7,11,14H,3,8H2,1-2H3,(H,13,15). The number of nitrogens with one attached hydrogen (secondary N) is 1. The number of hydrogen-bond acceptors (Lipinski definition) is 2. The summed E-state index contributed by atoms with van der Waals surface area (Å²) in [5, 5.41) is 11.7. The molecule has 0 aliphatic carbocycles. The van der Waals surface area contributed by atoms with Crippen molar-refractivity contribution in [3.05, 3.63) is 35.4 Å². The summed E-state index contributed by atoms with van der Waals surface area (Å²) < 4.78 is 0. The van der Waals surface area contributed by atoms with Gasteiger partial charge in [-0.25, -0.2) is 0 Å². The van der Waals surface area contributed by atoms with E-state index in [1.165, 1.54) is 0 Å². The van der Waals surface area contributed by atoms with Gasteiger partial charge >= 0.3 is 0 Å². The van der Waals surface area contributed by atoms with Crippen molar-refractivity contribution in [1.82, 2.24) is 5.32 Å². The van der Waals surface area contributed by atoms with Gasteiger partial charge in [-0.1, -0.05) is 24.6 Å². The molecule has 1 aromatic carbocycles. The van der Waals surface area contributed by atoms with Crippen LogP contribution in [0.4, 0.5) is 0 Å². The number of hydrogen-bond donors (Lipinski definition) is 2. The SMILES string of the molecule is CCC(CO)NC(=O)c1ccc(C)cc1. The Bertz CT molecular complexity index is 315. The Hall–Kier alpha value is -1.35. The van der Waals surface area contributed by atoms with Gasteiger partial charge in [0.2, 0.25) is 0 Å². The van der Waals surface area contributed by atoms with Crippen LogP contribution >= 0.6 is 0 Å². The van der Waals surface area contributed by atoms with E-state index >= 15 is 0 Å². The molecule has 0 spiro atoms. The van der Waals surface area contributed by atoms with Crippen molar-refractivity contribution in [3.63, 3.8) is 0 Å². The average molecular weight is 207 g/mol. The zero-order chi connectivity index (χ0) is 11.3. The number of benzene rings is 1. The lowest BCUT2D eigenvalue weighted by molar-refractivity contribution is 0.0915. The number of carbonyl (C=O) groups is 1. The highest BCUT2D eigenvalue weighted by molar-refractivity contribution is 5.94. The smallest absolute Gasteiger partial charge is 0.251 e. The maximum Gasteiger partial charge on any atom is 0.251 e. The molecule has 0 bridgehead atoms.